The van der Waals surface area contributed by atoms with Gasteiger partial charge >= 0.3 is 0 Å². The fraction of sp³-hybridized carbons (Fsp3) is 0.105. The maximum atomic E-state index is 13.3. The molecule has 0 radical (unpaired) electrons. The van der Waals surface area contributed by atoms with Crippen LogP contribution in [0, 0.1) is 11.6 Å². The Kier molecular flexibility index (Phi) is 5.43. The summed E-state index contributed by atoms with van der Waals surface area (Å²) in [4.78, 5) is 12.2. The number of anilines is 1. The summed E-state index contributed by atoms with van der Waals surface area (Å²) in [6.45, 7) is 0.350. The average Bonchev–Trinajstić information content (AvgIpc) is 3.45. The van der Waals surface area contributed by atoms with Gasteiger partial charge in [-0.05, 0) is 36.4 Å². The lowest BCUT2D eigenvalue weighted by molar-refractivity contribution is -0.113. The van der Waals surface area contributed by atoms with Crippen molar-refractivity contribution in [2.75, 3.05) is 11.1 Å². The molecule has 3 aromatic heterocycles. The molecule has 1 N–H and O–H groups in total. The number of nitrogens with one attached hydrogen (secondary N) is 1. The number of hydrogen-bond donors (Lipinski definition) is 1. The van der Waals surface area contributed by atoms with Crippen molar-refractivity contribution in [2.45, 2.75) is 11.7 Å². The lowest BCUT2D eigenvalue weighted by atomic mass is 10.3. The second-order valence-corrected chi connectivity index (χ2v) is 6.86. The molecule has 10 heteroatoms. The monoisotopic (exact) mass is 416 g/mol. The molecule has 0 aliphatic rings. The molecule has 7 nitrogen and oxygen atoms in total. The van der Waals surface area contributed by atoms with Crippen LogP contribution < -0.4 is 5.32 Å². The zero-order valence-corrected chi connectivity index (χ0v) is 15.7. The van der Waals surface area contributed by atoms with E-state index in [2.05, 4.69) is 15.5 Å². The summed E-state index contributed by atoms with van der Waals surface area (Å²) in [6.07, 6.45) is 3.09. The maximum Gasteiger partial charge on any atom is 0.234 e. The summed E-state index contributed by atoms with van der Waals surface area (Å²) in [7, 11) is 0. The maximum absolute atomic E-state index is 13.3. The molecular formula is C19H14F2N4O3S. The molecule has 1 aromatic carbocycles. The number of rotatable bonds is 7. The number of halogens is 2. The third-order valence-electron chi connectivity index (χ3n) is 3.89. The zero-order chi connectivity index (χ0) is 20.2. The van der Waals surface area contributed by atoms with Gasteiger partial charge in [-0.25, -0.2) is 8.78 Å². The van der Waals surface area contributed by atoms with Gasteiger partial charge in [0, 0.05) is 11.8 Å². The Balaban J connectivity index is 1.49. The summed E-state index contributed by atoms with van der Waals surface area (Å²) in [5, 5.41) is 11.3. The number of furan rings is 2. The van der Waals surface area contributed by atoms with Crippen LogP contribution in [0.4, 0.5) is 14.5 Å². The Morgan fingerprint density at radius 2 is 1.90 bits per heavy atom. The molecular weight excluding hydrogens is 402 g/mol. The van der Waals surface area contributed by atoms with E-state index in [-0.39, 0.29) is 11.4 Å². The molecule has 0 saturated heterocycles. The Bertz CT molecular complexity index is 1110. The average molecular weight is 416 g/mol. The molecule has 0 spiro atoms. The normalized spacial score (nSPS) is 11.0. The number of carbonyl (C=O) groups excluding carboxylic acids is 1. The van der Waals surface area contributed by atoms with E-state index >= 15 is 0 Å². The van der Waals surface area contributed by atoms with Crippen LogP contribution in [0.15, 0.2) is 69.0 Å². The van der Waals surface area contributed by atoms with Crippen molar-refractivity contribution in [2.24, 2.45) is 0 Å². The van der Waals surface area contributed by atoms with Gasteiger partial charge < -0.3 is 14.2 Å². The van der Waals surface area contributed by atoms with Crippen molar-refractivity contribution in [1.29, 1.82) is 0 Å². The molecule has 29 heavy (non-hydrogen) atoms. The topological polar surface area (TPSA) is 86.1 Å². The van der Waals surface area contributed by atoms with E-state index < -0.39 is 17.5 Å². The number of nitrogens with zero attached hydrogens (tertiary/aromatic N) is 3. The van der Waals surface area contributed by atoms with Gasteiger partial charge in [-0.2, -0.15) is 0 Å². The minimum atomic E-state index is -1.03. The van der Waals surface area contributed by atoms with Crippen LogP contribution in [0.1, 0.15) is 5.76 Å². The van der Waals surface area contributed by atoms with Crippen molar-refractivity contribution in [3.63, 3.8) is 0 Å². The quantitative estimate of drug-likeness (QED) is 0.455. The van der Waals surface area contributed by atoms with E-state index in [9.17, 15) is 13.6 Å². The highest BCUT2D eigenvalue weighted by Gasteiger charge is 2.18. The Labute approximate surface area is 167 Å². The Morgan fingerprint density at radius 3 is 2.62 bits per heavy atom. The molecule has 0 saturated carbocycles. The highest BCUT2D eigenvalue weighted by atomic mass is 32.2. The standard InChI is InChI=1S/C19H14F2N4O3S/c20-14-6-5-12(9-15(14)21)22-17(26)11-29-19-24-23-18(16-4-2-8-28-16)25(19)10-13-3-1-7-27-13/h1-9H,10-11H2,(H,22,26). The Hall–Kier alpha value is -3.40. The molecule has 1 amide bonds. The van der Waals surface area contributed by atoms with Gasteiger partial charge in [0.25, 0.3) is 0 Å². The first kappa shape index (κ1) is 18.9. The van der Waals surface area contributed by atoms with Gasteiger partial charge in [-0.15, -0.1) is 10.2 Å². The van der Waals surface area contributed by atoms with Crippen molar-refractivity contribution < 1.29 is 22.4 Å². The van der Waals surface area contributed by atoms with E-state index in [0.29, 0.717) is 29.0 Å². The van der Waals surface area contributed by atoms with E-state index in [1.807, 2.05) is 6.07 Å². The predicted molar refractivity (Wildman–Crippen MR) is 101 cm³/mol. The first-order valence-electron chi connectivity index (χ1n) is 8.47. The molecule has 4 rings (SSSR count). The lowest BCUT2D eigenvalue weighted by Gasteiger charge is -2.08. The highest BCUT2D eigenvalue weighted by molar-refractivity contribution is 7.99. The lowest BCUT2D eigenvalue weighted by Crippen LogP contribution is -2.15. The molecule has 0 fully saturated rings. The van der Waals surface area contributed by atoms with E-state index in [4.69, 9.17) is 8.83 Å². The number of carbonyl (C=O) groups is 1. The smallest absolute Gasteiger partial charge is 0.234 e. The van der Waals surface area contributed by atoms with Crippen LogP contribution in [0.3, 0.4) is 0 Å². The van der Waals surface area contributed by atoms with Gasteiger partial charge in [-0.1, -0.05) is 11.8 Å². The summed E-state index contributed by atoms with van der Waals surface area (Å²) >= 11 is 1.15. The van der Waals surface area contributed by atoms with Gasteiger partial charge in [0.15, 0.2) is 22.6 Å². The van der Waals surface area contributed by atoms with Gasteiger partial charge in [0.2, 0.25) is 11.7 Å². The summed E-state index contributed by atoms with van der Waals surface area (Å²) < 4.78 is 38.9. The predicted octanol–water partition coefficient (Wildman–Crippen LogP) is 4.19. The van der Waals surface area contributed by atoms with E-state index in [0.717, 1.165) is 23.9 Å². The second kappa shape index (κ2) is 8.31. The molecule has 0 aliphatic carbocycles. The van der Waals surface area contributed by atoms with Gasteiger partial charge in [-0.3, -0.25) is 9.36 Å². The summed E-state index contributed by atoms with van der Waals surface area (Å²) in [5.41, 5.74) is 0.169. The molecule has 148 valence electrons. The SMILES string of the molecule is O=C(CSc1nnc(-c2ccco2)n1Cc1ccco1)Nc1ccc(F)c(F)c1. The number of aromatic nitrogens is 3. The van der Waals surface area contributed by atoms with Crippen LogP contribution in [0.2, 0.25) is 0 Å². The van der Waals surface area contributed by atoms with Crippen molar-refractivity contribution in [3.05, 3.63) is 72.4 Å². The van der Waals surface area contributed by atoms with Crippen LogP contribution >= 0.6 is 11.8 Å². The molecule has 0 unspecified atom stereocenters. The number of amides is 1. The number of benzene rings is 1. The largest absolute Gasteiger partial charge is 0.467 e. The van der Waals surface area contributed by atoms with E-state index in [1.54, 1.807) is 29.0 Å². The molecule has 4 aromatic rings. The van der Waals surface area contributed by atoms with Crippen LogP contribution in [0.25, 0.3) is 11.6 Å². The molecule has 0 aliphatic heterocycles. The third-order valence-corrected chi connectivity index (χ3v) is 4.85. The van der Waals surface area contributed by atoms with Crippen molar-refractivity contribution in [3.8, 4) is 11.6 Å². The second-order valence-electron chi connectivity index (χ2n) is 5.91. The molecule has 3 heterocycles. The number of hydrogen-bond acceptors (Lipinski definition) is 6. The molecule has 0 atom stereocenters. The first-order valence-corrected chi connectivity index (χ1v) is 9.46. The summed E-state index contributed by atoms with van der Waals surface area (Å²) in [6, 6.07) is 10.2. The highest BCUT2D eigenvalue weighted by Crippen LogP contribution is 2.26. The van der Waals surface area contributed by atoms with E-state index in [1.165, 1.54) is 12.3 Å². The van der Waals surface area contributed by atoms with Gasteiger partial charge in [0.05, 0.1) is 24.8 Å². The minimum absolute atomic E-state index is 0.00651. The zero-order valence-electron chi connectivity index (χ0n) is 14.8. The van der Waals surface area contributed by atoms with Crippen molar-refractivity contribution >= 4 is 23.4 Å². The third kappa shape index (κ3) is 4.37. The fourth-order valence-electron chi connectivity index (χ4n) is 2.59. The Morgan fingerprint density at radius 1 is 1.07 bits per heavy atom. The van der Waals surface area contributed by atoms with Crippen molar-refractivity contribution in [1.82, 2.24) is 14.8 Å². The van der Waals surface area contributed by atoms with Crippen LogP contribution in [-0.2, 0) is 11.3 Å². The van der Waals surface area contributed by atoms with Crippen LogP contribution in [-0.4, -0.2) is 26.4 Å². The first-order chi connectivity index (χ1) is 14.1. The van der Waals surface area contributed by atoms with Gasteiger partial charge in [0.1, 0.15) is 5.76 Å². The van der Waals surface area contributed by atoms with Crippen LogP contribution in [0.5, 0.6) is 0 Å². The number of thioether (sulfide) groups is 1. The fourth-order valence-corrected chi connectivity index (χ4v) is 3.32. The molecule has 0 bridgehead atoms. The minimum Gasteiger partial charge on any atom is -0.467 e. The summed E-state index contributed by atoms with van der Waals surface area (Å²) in [5.74, 6) is -0.700.